The van der Waals surface area contributed by atoms with Gasteiger partial charge in [0.05, 0.1) is 23.2 Å². The molecule has 0 spiro atoms. The van der Waals surface area contributed by atoms with Crippen LogP contribution in [0.1, 0.15) is 36.7 Å². The molecule has 100 valence electrons. The van der Waals surface area contributed by atoms with E-state index in [0.717, 1.165) is 0 Å². The van der Waals surface area contributed by atoms with Crippen molar-refractivity contribution in [3.8, 4) is 0 Å². The van der Waals surface area contributed by atoms with Crippen LogP contribution in [0.15, 0.2) is 24.3 Å². The molecular formula is C13H18O4S. The summed E-state index contributed by atoms with van der Waals surface area (Å²) in [7, 11) is -2.05. The van der Waals surface area contributed by atoms with Crippen LogP contribution in [0, 0.1) is 0 Å². The Hall–Kier alpha value is -1.36. The number of ether oxygens (including phenoxy) is 1. The third kappa shape index (κ3) is 3.10. The molecule has 1 aromatic carbocycles. The summed E-state index contributed by atoms with van der Waals surface area (Å²) >= 11 is 0. The van der Waals surface area contributed by atoms with E-state index < -0.39 is 20.6 Å². The normalized spacial score (nSPS) is 12.2. The smallest absolute Gasteiger partial charge is 0.338 e. The number of carbonyl (C=O) groups excluding carboxylic acids is 1. The largest absolute Gasteiger partial charge is 0.465 e. The molecule has 4 nitrogen and oxygen atoms in total. The Bertz CT molecular complexity index is 538. The summed E-state index contributed by atoms with van der Waals surface area (Å²) in [6, 6.07) is 6.59. The van der Waals surface area contributed by atoms with Gasteiger partial charge in [-0.1, -0.05) is 18.2 Å². The van der Waals surface area contributed by atoms with Crippen LogP contribution in [-0.4, -0.2) is 26.2 Å². The van der Waals surface area contributed by atoms with Crippen LogP contribution in [0.25, 0.3) is 0 Å². The van der Waals surface area contributed by atoms with E-state index in [2.05, 4.69) is 4.74 Å². The molecule has 18 heavy (non-hydrogen) atoms. The lowest BCUT2D eigenvalue weighted by Crippen LogP contribution is -2.29. The molecule has 1 aromatic rings. The van der Waals surface area contributed by atoms with Crippen LogP contribution in [0.5, 0.6) is 0 Å². The summed E-state index contributed by atoms with van der Waals surface area (Å²) < 4.78 is 28.1. The van der Waals surface area contributed by atoms with Gasteiger partial charge in [0.25, 0.3) is 0 Å². The molecule has 0 aliphatic rings. The highest BCUT2D eigenvalue weighted by molar-refractivity contribution is 7.91. The third-order valence-corrected chi connectivity index (χ3v) is 5.26. The van der Waals surface area contributed by atoms with Gasteiger partial charge < -0.3 is 4.74 Å². The van der Waals surface area contributed by atoms with E-state index in [1.54, 1.807) is 45.0 Å². The fourth-order valence-corrected chi connectivity index (χ4v) is 2.47. The molecule has 5 heteroatoms. The maximum absolute atomic E-state index is 12.1. The Kier molecular flexibility index (Phi) is 4.16. The van der Waals surface area contributed by atoms with Crippen LogP contribution >= 0.6 is 0 Å². The topological polar surface area (TPSA) is 60.4 Å². The average Bonchev–Trinajstić information content (AvgIpc) is 2.26. The van der Waals surface area contributed by atoms with Crippen LogP contribution in [-0.2, 0) is 20.3 Å². The number of benzene rings is 1. The third-order valence-electron chi connectivity index (χ3n) is 2.70. The first-order chi connectivity index (χ1) is 8.19. The highest BCUT2D eigenvalue weighted by Gasteiger charge is 2.30. The van der Waals surface area contributed by atoms with Crippen molar-refractivity contribution in [3.05, 3.63) is 35.4 Å². The number of methoxy groups -OCH3 is 1. The molecule has 0 N–H and O–H groups in total. The lowest BCUT2D eigenvalue weighted by atomic mass is 10.1. The summed E-state index contributed by atoms with van der Waals surface area (Å²) in [5.74, 6) is -0.684. The Morgan fingerprint density at radius 2 is 1.78 bits per heavy atom. The van der Waals surface area contributed by atoms with Crippen molar-refractivity contribution in [2.45, 2.75) is 31.3 Å². The fraction of sp³-hybridized carbons (Fsp3) is 0.462. The predicted molar refractivity (Wildman–Crippen MR) is 70.2 cm³/mol. The minimum atomic E-state index is -3.32. The Balaban J connectivity index is 3.18. The van der Waals surface area contributed by atoms with Gasteiger partial charge in [-0.05, 0) is 32.4 Å². The molecular weight excluding hydrogens is 252 g/mol. The molecule has 0 amide bonds. The van der Waals surface area contributed by atoms with Gasteiger partial charge >= 0.3 is 5.97 Å². The van der Waals surface area contributed by atoms with E-state index in [0.29, 0.717) is 11.1 Å². The summed E-state index contributed by atoms with van der Waals surface area (Å²) in [6.45, 7) is 4.93. The van der Waals surface area contributed by atoms with Crippen molar-refractivity contribution in [2.24, 2.45) is 0 Å². The standard InChI is InChI=1S/C13H18O4S/c1-13(2,3)18(15,16)9-10-7-5-6-8-11(10)12(14)17-4/h5-8H,9H2,1-4H3. The minimum absolute atomic E-state index is 0.165. The molecule has 0 saturated carbocycles. The first-order valence-corrected chi connectivity index (χ1v) is 7.23. The summed E-state index contributed by atoms with van der Waals surface area (Å²) in [5, 5.41) is 0. The second-order valence-electron chi connectivity index (χ2n) is 5.02. The van der Waals surface area contributed by atoms with Crippen LogP contribution < -0.4 is 0 Å². The molecule has 0 aromatic heterocycles. The van der Waals surface area contributed by atoms with Gasteiger partial charge in [-0.25, -0.2) is 13.2 Å². The number of carbonyl (C=O) groups is 1. The molecule has 1 rings (SSSR count). The van der Waals surface area contributed by atoms with E-state index in [9.17, 15) is 13.2 Å². The molecule has 0 bridgehead atoms. The van der Waals surface area contributed by atoms with E-state index in [4.69, 9.17) is 0 Å². The van der Waals surface area contributed by atoms with E-state index in [1.165, 1.54) is 7.11 Å². The van der Waals surface area contributed by atoms with Gasteiger partial charge in [-0.2, -0.15) is 0 Å². The van der Waals surface area contributed by atoms with Crippen molar-refractivity contribution in [1.29, 1.82) is 0 Å². The summed E-state index contributed by atoms with van der Waals surface area (Å²) in [4.78, 5) is 11.6. The predicted octanol–water partition coefficient (Wildman–Crippen LogP) is 2.19. The SMILES string of the molecule is COC(=O)c1ccccc1CS(=O)(=O)C(C)(C)C. The quantitative estimate of drug-likeness (QED) is 0.790. The number of hydrogen-bond donors (Lipinski definition) is 0. The molecule has 0 unspecified atom stereocenters. The summed E-state index contributed by atoms with van der Waals surface area (Å²) in [5.41, 5.74) is 0.770. The monoisotopic (exact) mass is 270 g/mol. The van der Waals surface area contributed by atoms with Crippen LogP contribution in [0.4, 0.5) is 0 Å². The second kappa shape index (κ2) is 5.10. The van der Waals surface area contributed by atoms with Crippen molar-refractivity contribution in [2.75, 3.05) is 7.11 Å². The zero-order chi connectivity index (χ0) is 14.0. The number of esters is 1. The van der Waals surface area contributed by atoms with Gasteiger partial charge in [0.15, 0.2) is 9.84 Å². The first kappa shape index (κ1) is 14.7. The molecule has 0 aliphatic carbocycles. The van der Waals surface area contributed by atoms with E-state index in [1.807, 2.05) is 0 Å². The van der Waals surface area contributed by atoms with Gasteiger partial charge in [0.1, 0.15) is 0 Å². The summed E-state index contributed by atoms with van der Waals surface area (Å²) in [6.07, 6.45) is 0. The van der Waals surface area contributed by atoms with Gasteiger partial charge in [0.2, 0.25) is 0 Å². The number of rotatable bonds is 3. The van der Waals surface area contributed by atoms with Gasteiger partial charge in [-0.15, -0.1) is 0 Å². The maximum Gasteiger partial charge on any atom is 0.338 e. The Morgan fingerprint density at radius 3 is 2.28 bits per heavy atom. The lowest BCUT2D eigenvalue weighted by molar-refractivity contribution is 0.0600. The Morgan fingerprint density at radius 1 is 1.22 bits per heavy atom. The fourth-order valence-electron chi connectivity index (χ4n) is 1.38. The molecule has 0 saturated heterocycles. The highest BCUT2D eigenvalue weighted by Crippen LogP contribution is 2.22. The van der Waals surface area contributed by atoms with Crippen molar-refractivity contribution in [1.82, 2.24) is 0 Å². The van der Waals surface area contributed by atoms with Crippen molar-refractivity contribution < 1.29 is 17.9 Å². The molecule has 0 radical (unpaired) electrons. The number of sulfone groups is 1. The second-order valence-corrected chi connectivity index (χ2v) is 7.76. The molecule has 0 atom stereocenters. The van der Waals surface area contributed by atoms with Crippen LogP contribution in [0.2, 0.25) is 0 Å². The first-order valence-electron chi connectivity index (χ1n) is 5.57. The highest BCUT2D eigenvalue weighted by atomic mass is 32.2. The average molecular weight is 270 g/mol. The molecule has 0 heterocycles. The van der Waals surface area contributed by atoms with Gasteiger partial charge in [-0.3, -0.25) is 0 Å². The molecule has 0 aliphatic heterocycles. The molecule has 0 fully saturated rings. The number of hydrogen-bond acceptors (Lipinski definition) is 4. The lowest BCUT2D eigenvalue weighted by Gasteiger charge is -2.19. The zero-order valence-electron chi connectivity index (χ0n) is 11.1. The van der Waals surface area contributed by atoms with Gasteiger partial charge in [0, 0.05) is 0 Å². The van der Waals surface area contributed by atoms with E-state index >= 15 is 0 Å². The van der Waals surface area contributed by atoms with Crippen LogP contribution in [0.3, 0.4) is 0 Å². The zero-order valence-corrected chi connectivity index (χ0v) is 11.9. The van der Waals surface area contributed by atoms with Crippen molar-refractivity contribution >= 4 is 15.8 Å². The minimum Gasteiger partial charge on any atom is -0.465 e. The maximum atomic E-state index is 12.1. The Labute approximate surface area is 108 Å². The van der Waals surface area contributed by atoms with E-state index in [-0.39, 0.29) is 5.75 Å². The van der Waals surface area contributed by atoms with Crippen molar-refractivity contribution in [3.63, 3.8) is 0 Å².